The van der Waals surface area contributed by atoms with Crippen LogP contribution in [0.5, 0.6) is 5.75 Å². The highest BCUT2D eigenvalue weighted by Crippen LogP contribution is 2.44. The molecule has 3 aromatic carbocycles. The molecule has 0 spiro atoms. The smallest absolute Gasteiger partial charge is 0.132 e. The quantitative estimate of drug-likeness (QED) is 0.433. The van der Waals surface area contributed by atoms with Crippen LogP contribution >= 0.6 is 11.6 Å². The van der Waals surface area contributed by atoms with Crippen LogP contribution in [0.4, 0.5) is 5.69 Å². The van der Waals surface area contributed by atoms with Gasteiger partial charge in [0.25, 0.3) is 0 Å². The Morgan fingerprint density at radius 3 is 2.59 bits per heavy atom. The minimum atomic E-state index is -0.553. The summed E-state index contributed by atoms with van der Waals surface area (Å²) in [6, 6.07) is 22.3. The Morgan fingerprint density at radius 2 is 1.84 bits per heavy atom. The molecule has 0 aromatic heterocycles. The lowest BCUT2D eigenvalue weighted by Crippen LogP contribution is -2.50. The molecule has 32 heavy (non-hydrogen) atoms. The van der Waals surface area contributed by atoms with Crippen molar-refractivity contribution in [2.24, 2.45) is 0 Å². The number of anilines is 1. The molecule has 1 N–H and O–H groups in total. The molecule has 0 amide bonds. The molecule has 0 aliphatic carbocycles. The lowest BCUT2D eigenvalue weighted by molar-refractivity contribution is -0.159. The van der Waals surface area contributed by atoms with Crippen LogP contribution in [0.2, 0.25) is 5.02 Å². The average molecular weight is 452 g/mol. The fraction of sp³-hybridized carbons (Fsp3) is 0.333. The molecule has 168 valence electrons. The summed E-state index contributed by atoms with van der Waals surface area (Å²) in [5.74, 6) is 0.825. The molecule has 4 rings (SSSR count). The second-order valence-electron chi connectivity index (χ2n) is 8.76. The Morgan fingerprint density at radius 1 is 1.03 bits per heavy atom. The van der Waals surface area contributed by atoms with Crippen LogP contribution in [0.3, 0.4) is 0 Å². The molecule has 0 radical (unpaired) electrons. The van der Waals surface area contributed by atoms with Crippen molar-refractivity contribution in [2.75, 3.05) is 12.4 Å². The fourth-order valence-corrected chi connectivity index (χ4v) is 4.41. The van der Waals surface area contributed by atoms with E-state index in [0.29, 0.717) is 11.6 Å². The maximum atomic E-state index is 6.36. The number of benzene rings is 3. The first-order chi connectivity index (χ1) is 15.4. The maximum absolute atomic E-state index is 6.36. The third-order valence-electron chi connectivity index (χ3n) is 5.97. The number of fused-ring (bicyclic) bond motifs is 1. The number of halogens is 1. The van der Waals surface area contributed by atoms with Gasteiger partial charge in [0, 0.05) is 29.9 Å². The first kappa shape index (κ1) is 22.7. The first-order valence-corrected chi connectivity index (χ1v) is 11.3. The second kappa shape index (κ2) is 9.53. The van der Waals surface area contributed by atoms with Crippen molar-refractivity contribution in [3.8, 4) is 5.75 Å². The summed E-state index contributed by atoms with van der Waals surface area (Å²) in [7, 11) is 1.72. The number of aryl methyl sites for hydroxylation is 1. The monoisotopic (exact) mass is 451 g/mol. The van der Waals surface area contributed by atoms with Gasteiger partial charge in [-0.2, -0.15) is 0 Å². The zero-order valence-electron chi connectivity index (χ0n) is 19.0. The molecule has 3 aromatic rings. The van der Waals surface area contributed by atoms with Crippen molar-refractivity contribution in [3.63, 3.8) is 0 Å². The number of methoxy groups -OCH3 is 1. The van der Waals surface area contributed by atoms with E-state index >= 15 is 0 Å². The van der Waals surface area contributed by atoms with E-state index in [1.54, 1.807) is 7.11 Å². The molecular formula is C27H30ClNO3. The molecule has 1 heterocycles. The van der Waals surface area contributed by atoms with Crippen molar-refractivity contribution in [3.05, 3.63) is 94.0 Å². The normalized spacial score (nSPS) is 19.2. The molecule has 1 aliphatic rings. The summed E-state index contributed by atoms with van der Waals surface area (Å²) >= 11 is 6.13. The number of rotatable bonds is 7. The van der Waals surface area contributed by atoms with Crippen LogP contribution in [0.1, 0.15) is 42.2 Å². The van der Waals surface area contributed by atoms with Crippen molar-refractivity contribution >= 4 is 17.3 Å². The third-order valence-corrected chi connectivity index (χ3v) is 6.20. The highest BCUT2D eigenvalue weighted by atomic mass is 35.5. The highest BCUT2D eigenvalue weighted by molar-refractivity contribution is 6.30. The highest BCUT2D eigenvalue weighted by Gasteiger charge is 2.45. The van der Waals surface area contributed by atoms with Gasteiger partial charge in [-0.1, -0.05) is 48.0 Å². The lowest BCUT2D eigenvalue weighted by atomic mass is 9.88. The number of hydrogen-bond acceptors (Lipinski definition) is 4. The Hall–Kier alpha value is -2.53. The molecular weight excluding hydrogens is 422 g/mol. The Balaban J connectivity index is 1.55. The summed E-state index contributed by atoms with van der Waals surface area (Å²) in [6.07, 6.45) is -0.543. The van der Waals surface area contributed by atoms with Gasteiger partial charge >= 0.3 is 0 Å². The number of ether oxygens (including phenoxy) is 3. The van der Waals surface area contributed by atoms with Crippen LogP contribution in [0.25, 0.3) is 0 Å². The van der Waals surface area contributed by atoms with Crippen LogP contribution in [-0.4, -0.2) is 18.8 Å². The molecule has 0 saturated carbocycles. The van der Waals surface area contributed by atoms with E-state index in [4.69, 9.17) is 25.8 Å². The van der Waals surface area contributed by atoms with Gasteiger partial charge in [0.15, 0.2) is 0 Å². The molecule has 0 saturated heterocycles. The summed E-state index contributed by atoms with van der Waals surface area (Å²) in [4.78, 5) is 0. The van der Waals surface area contributed by atoms with Crippen molar-refractivity contribution in [1.29, 1.82) is 0 Å². The second-order valence-corrected chi connectivity index (χ2v) is 9.19. The fourth-order valence-electron chi connectivity index (χ4n) is 4.20. The van der Waals surface area contributed by atoms with E-state index in [-0.39, 0.29) is 12.2 Å². The predicted molar refractivity (Wildman–Crippen MR) is 129 cm³/mol. The zero-order chi connectivity index (χ0) is 22.7. The summed E-state index contributed by atoms with van der Waals surface area (Å²) < 4.78 is 18.7. The van der Waals surface area contributed by atoms with Gasteiger partial charge in [-0.3, -0.25) is 0 Å². The zero-order valence-corrected chi connectivity index (χ0v) is 19.8. The maximum Gasteiger partial charge on any atom is 0.132 e. The van der Waals surface area contributed by atoms with Gasteiger partial charge < -0.3 is 19.5 Å². The number of nitrogens with one attached hydrogen (secondary N) is 1. The van der Waals surface area contributed by atoms with Crippen LogP contribution in [0.15, 0.2) is 66.7 Å². The van der Waals surface area contributed by atoms with E-state index in [0.717, 1.165) is 29.1 Å². The molecule has 4 nitrogen and oxygen atoms in total. The Labute approximate surface area is 195 Å². The molecule has 1 aliphatic heterocycles. The standard InChI is InChI=1S/C27H30ClNO3/c1-18-8-5-6-10-20(18)16-29-22-12-13-24-23(15-22)25(30-4)26(27(2,3)32-24)31-17-19-9-7-11-21(28)14-19/h5-15,25-26,29H,16-17H2,1-4H3. The van der Waals surface area contributed by atoms with E-state index in [1.165, 1.54) is 11.1 Å². The van der Waals surface area contributed by atoms with E-state index < -0.39 is 5.60 Å². The van der Waals surface area contributed by atoms with E-state index in [9.17, 15) is 0 Å². The van der Waals surface area contributed by atoms with Crippen molar-refractivity contribution < 1.29 is 14.2 Å². The topological polar surface area (TPSA) is 39.7 Å². The summed E-state index contributed by atoms with van der Waals surface area (Å²) in [5.41, 5.74) is 5.01. The molecule has 2 atom stereocenters. The van der Waals surface area contributed by atoms with Gasteiger partial charge in [-0.25, -0.2) is 0 Å². The minimum Gasteiger partial charge on any atom is -0.485 e. The van der Waals surface area contributed by atoms with Gasteiger partial charge in [-0.15, -0.1) is 0 Å². The van der Waals surface area contributed by atoms with E-state index in [2.05, 4.69) is 42.6 Å². The lowest BCUT2D eigenvalue weighted by Gasteiger charge is -2.44. The summed E-state index contributed by atoms with van der Waals surface area (Å²) in [5, 5.41) is 4.23. The third kappa shape index (κ3) is 4.93. The van der Waals surface area contributed by atoms with Crippen LogP contribution < -0.4 is 10.1 Å². The van der Waals surface area contributed by atoms with Gasteiger partial charge in [-0.05, 0) is 67.8 Å². The summed E-state index contributed by atoms with van der Waals surface area (Å²) in [6.45, 7) is 7.38. The van der Waals surface area contributed by atoms with Crippen LogP contribution in [0, 0.1) is 6.92 Å². The molecule has 0 fully saturated rings. The largest absolute Gasteiger partial charge is 0.485 e. The predicted octanol–water partition coefficient (Wildman–Crippen LogP) is 6.70. The van der Waals surface area contributed by atoms with E-state index in [1.807, 2.05) is 50.2 Å². The SMILES string of the molecule is COC1c2cc(NCc3ccccc3C)ccc2OC(C)(C)C1OCc1cccc(Cl)c1. The van der Waals surface area contributed by atoms with Crippen molar-refractivity contribution in [1.82, 2.24) is 0 Å². The van der Waals surface area contributed by atoms with Gasteiger partial charge in [0.2, 0.25) is 0 Å². The average Bonchev–Trinajstić information content (AvgIpc) is 2.76. The first-order valence-electron chi connectivity index (χ1n) is 10.9. The molecule has 5 heteroatoms. The van der Waals surface area contributed by atoms with Gasteiger partial charge in [0.05, 0.1) is 6.61 Å². The number of hydrogen-bond donors (Lipinski definition) is 1. The Bertz CT molecular complexity index is 1080. The minimum absolute atomic E-state index is 0.256. The molecule has 2 unspecified atom stereocenters. The molecule has 0 bridgehead atoms. The van der Waals surface area contributed by atoms with Crippen LogP contribution in [-0.2, 0) is 22.6 Å². The Kier molecular flexibility index (Phi) is 6.75. The van der Waals surface area contributed by atoms with Gasteiger partial charge in [0.1, 0.15) is 23.6 Å². The van der Waals surface area contributed by atoms with Crippen molar-refractivity contribution in [2.45, 2.75) is 51.7 Å².